The second kappa shape index (κ2) is 10.6. The molecule has 1 amide bonds. The lowest BCUT2D eigenvalue weighted by Crippen LogP contribution is -2.33. The van der Waals surface area contributed by atoms with Gasteiger partial charge in [-0.05, 0) is 67.8 Å². The third-order valence-corrected chi connectivity index (χ3v) is 5.03. The fraction of sp³-hybridized carbons (Fsp3) is 0.250. The molecule has 1 aromatic carbocycles. The summed E-state index contributed by atoms with van der Waals surface area (Å²) in [5.74, 6) is -0.617. The first-order valence-corrected chi connectivity index (χ1v) is 10.1. The van der Waals surface area contributed by atoms with E-state index in [4.69, 9.17) is 11.6 Å². The number of carbonyl (C=O) groups is 1. The molecule has 0 radical (unpaired) electrons. The molecule has 2 rings (SSSR count). The first-order valence-electron chi connectivity index (χ1n) is 9.74. The Labute approximate surface area is 190 Å². The van der Waals surface area contributed by atoms with Crippen LogP contribution in [0.4, 0.5) is 13.2 Å². The Kier molecular flexibility index (Phi) is 8.41. The molecule has 8 heteroatoms. The van der Waals surface area contributed by atoms with Gasteiger partial charge in [0.1, 0.15) is 0 Å². The van der Waals surface area contributed by atoms with Crippen molar-refractivity contribution < 1.29 is 23.1 Å². The van der Waals surface area contributed by atoms with Crippen LogP contribution in [0.3, 0.4) is 0 Å². The van der Waals surface area contributed by atoms with Gasteiger partial charge in [-0.2, -0.15) is 13.2 Å². The Morgan fingerprint density at radius 3 is 2.50 bits per heavy atom. The van der Waals surface area contributed by atoms with Crippen molar-refractivity contribution in [2.45, 2.75) is 39.1 Å². The van der Waals surface area contributed by atoms with Crippen LogP contribution < -0.4 is 5.32 Å². The number of halogens is 4. The van der Waals surface area contributed by atoms with Gasteiger partial charge in [-0.15, -0.1) is 0 Å². The number of pyridine rings is 1. The van der Waals surface area contributed by atoms with Crippen molar-refractivity contribution in [2.24, 2.45) is 0 Å². The summed E-state index contributed by atoms with van der Waals surface area (Å²) in [6.07, 6.45) is -1.11. The number of allylic oxidation sites excluding steroid dienone is 3. The molecule has 2 unspecified atom stereocenters. The number of aromatic nitrogens is 1. The largest absolute Gasteiger partial charge is 0.418 e. The number of aliphatic hydroxyl groups is 1. The average Bonchev–Trinajstić information content (AvgIpc) is 2.75. The fourth-order valence-corrected chi connectivity index (χ4v) is 2.78. The summed E-state index contributed by atoms with van der Waals surface area (Å²) in [5.41, 5.74) is 1.58. The topological polar surface area (TPSA) is 62.2 Å². The number of alkyl halides is 3. The first-order chi connectivity index (χ1) is 14.9. The van der Waals surface area contributed by atoms with Gasteiger partial charge in [0.25, 0.3) is 5.91 Å². The molecule has 0 bridgehead atoms. The number of aryl methyl sites for hydroxylation is 1. The van der Waals surface area contributed by atoms with Gasteiger partial charge in [-0.3, -0.25) is 9.78 Å². The molecule has 0 saturated carbocycles. The summed E-state index contributed by atoms with van der Waals surface area (Å²) in [7, 11) is 0. The van der Waals surface area contributed by atoms with Gasteiger partial charge in [-0.25, -0.2) is 0 Å². The molecule has 0 spiro atoms. The number of nitrogens with one attached hydrogen (secondary N) is 1. The van der Waals surface area contributed by atoms with Crippen molar-refractivity contribution in [3.8, 4) is 11.3 Å². The van der Waals surface area contributed by atoms with E-state index in [1.807, 2.05) is 6.92 Å². The third kappa shape index (κ3) is 6.80. The van der Waals surface area contributed by atoms with Crippen molar-refractivity contribution in [3.05, 3.63) is 88.6 Å². The monoisotopic (exact) mass is 464 g/mol. The van der Waals surface area contributed by atoms with E-state index in [2.05, 4.69) is 16.9 Å². The zero-order valence-electron chi connectivity index (χ0n) is 17.9. The summed E-state index contributed by atoms with van der Waals surface area (Å²) >= 11 is 5.91. The van der Waals surface area contributed by atoms with Crippen LogP contribution in [0.2, 0.25) is 0 Å². The molecule has 0 saturated heterocycles. The van der Waals surface area contributed by atoms with Gasteiger partial charge in [-0.1, -0.05) is 36.4 Å². The lowest BCUT2D eigenvalue weighted by Gasteiger charge is -2.19. The number of amides is 1. The molecule has 2 N–H and O–H groups in total. The van der Waals surface area contributed by atoms with Gasteiger partial charge < -0.3 is 10.4 Å². The number of hydrogen-bond acceptors (Lipinski definition) is 3. The normalized spacial score (nSPS) is 14.3. The minimum atomic E-state index is -4.88. The third-order valence-electron chi connectivity index (χ3n) is 4.69. The van der Waals surface area contributed by atoms with Gasteiger partial charge in [0.05, 0.1) is 11.7 Å². The van der Waals surface area contributed by atoms with Gasteiger partial charge in [0.15, 0.2) is 6.10 Å². The molecular weight excluding hydrogens is 441 g/mol. The minimum Gasteiger partial charge on any atom is -0.379 e. The van der Waals surface area contributed by atoms with E-state index < -0.39 is 29.8 Å². The summed E-state index contributed by atoms with van der Waals surface area (Å²) in [6, 6.07) is 6.50. The van der Waals surface area contributed by atoms with Crippen LogP contribution in [-0.2, 0) is 0 Å². The van der Waals surface area contributed by atoms with Crippen LogP contribution in [0.5, 0.6) is 0 Å². The highest BCUT2D eigenvalue weighted by Crippen LogP contribution is 2.34. The quantitative estimate of drug-likeness (QED) is 0.492. The van der Waals surface area contributed by atoms with Crippen molar-refractivity contribution in [1.82, 2.24) is 10.3 Å². The Morgan fingerprint density at radius 1 is 1.25 bits per heavy atom. The number of benzene rings is 1. The Morgan fingerprint density at radius 2 is 1.94 bits per heavy atom. The second-order valence-electron chi connectivity index (χ2n) is 7.29. The molecule has 0 aliphatic carbocycles. The highest BCUT2D eigenvalue weighted by molar-refractivity contribution is 6.31. The number of aliphatic hydroxyl groups excluding tert-OH is 1. The van der Waals surface area contributed by atoms with E-state index in [0.29, 0.717) is 16.3 Å². The van der Waals surface area contributed by atoms with Crippen LogP contribution in [0.25, 0.3) is 11.3 Å². The molecule has 2 atom stereocenters. The zero-order chi connectivity index (χ0) is 24.1. The molecule has 2 aromatic rings. The lowest BCUT2D eigenvalue weighted by molar-refractivity contribution is -0.206. The summed E-state index contributed by atoms with van der Waals surface area (Å²) in [4.78, 5) is 17.0. The van der Waals surface area contributed by atoms with Crippen molar-refractivity contribution in [1.29, 1.82) is 0 Å². The number of carbonyl (C=O) groups excluding carboxylic acids is 1. The summed E-state index contributed by atoms with van der Waals surface area (Å²) < 4.78 is 39.4. The smallest absolute Gasteiger partial charge is 0.379 e. The molecule has 0 aliphatic rings. The second-order valence-corrected chi connectivity index (χ2v) is 7.72. The maximum atomic E-state index is 13.1. The standard InChI is InChI=1S/C24H24ClF3N2O2/c1-5-20(25)8-7-15(3)16(4)30-23(32)19-11-17(21-9-6-14(2)13-29-21)10-18(12-19)22(31)24(26,27)28/h5-13,16,22,31H,3H2,1-2,4H3,(H,30,32)/b8-7-,20-5+. The SMILES string of the molecule is C=C(/C=C\C(Cl)=C/C)C(C)NC(=O)c1cc(-c2ccc(C)cn2)cc(C(O)C(F)(F)F)c1. The summed E-state index contributed by atoms with van der Waals surface area (Å²) in [5, 5.41) is 13.0. The first kappa shape index (κ1) is 25.4. The Hall–Kier alpha value is -2.90. The van der Waals surface area contributed by atoms with Gasteiger partial charge >= 0.3 is 6.18 Å². The predicted molar refractivity (Wildman–Crippen MR) is 120 cm³/mol. The zero-order valence-corrected chi connectivity index (χ0v) is 18.6. The number of nitrogens with zero attached hydrogens (tertiary/aromatic N) is 1. The van der Waals surface area contributed by atoms with Gasteiger partial charge in [0.2, 0.25) is 0 Å². The van der Waals surface area contributed by atoms with Crippen LogP contribution in [0.15, 0.2) is 71.9 Å². The summed E-state index contributed by atoms with van der Waals surface area (Å²) in [6.45, 7) is 9.15. The molecule has 0 aliphatic heterocycles. The molecular formula is C24H24ClF3N2O2. The maximum Gasteiger partial charge on any atom is 0.418 e. The molecule has 170 valence electrons. The lowest BCUT2D eigenvalue weighted by atomic mass is 9.98. The van der Waals surface area contributed by atoms with E-state index in [9.17, 15) is 23.1 Å². The molecule has 4 nitrogen and oxygen atoms in total. The van der Waals surface area contributed by atoms with Crippen molar-refractivity contribution in [3.63, 3.8) is 0 Å². The maximum absolute atomic E-state index is 13.1. The molecule has 0 fully saturated rings. The van der Waals surface area contributed by atoms with Crippen LogP contribution >= 0.6 is 11.6 Å². The predicted octanol–water partition coefficient (Wildman–Crippen LogP) is 6.03. The van der Waals surface area contributed by atoms with Crippen molar-refractivity contribution in [2.75, 3.05) is 0 Å². The van der Waals surface area contributed by atoms with Crippen LogP contribution in [0, 0.1) is 6.92 Å². The molecule has 1 heterocycles. The van der Waals surface area contributed by atoms with E-state index in [-0.39, 0.29) is 11.1 Å². The van der Waals surface area contributed by atoms with Gasteiger partial charge in [0, 0.05) is 22.4 Å². The highest BCUT2D eigenvalue weighted by atomic mass is 35.5. The van der Waals surface area contributed by atoms with E-state index in [1.165, 1.54) is 12.1 Å². The number of hydrogen-bond donors (Lipinski definition) is 2. The van der Waals surface area contributed by atoms with Crippen molar-refractivity contribution >= 4 is 17.5 Å². The van der Waals surface area contributed by atoms with Crippen LogP contribution in [-0.4, -0.2) is 28.2 Å². The fourth-order valence-electron chi connectivity index (χ4n) is 2.72. The number of rotatable bonds is 7. The Bertz CT molecular complexity index is 1040. The van der Waals surface area contributed by atoms with Crippen LogP contribution in [0.1, 0.15) is 41.4 Å². The molecule has 1 aromatic heterocycles. The molecule has 32 heavy (non-hydrogen) atoms. The van der Waals surface area contributed by atoms with E-state index in [1.54, 1.807) is 50.4 Å². The minimum absolute atomic E-state index is 0.0432. The Balaban J connectivity index is 2.39. The van der Waals surface area contributed by atoms with E-state index >= 15 is 0 Å². The average molecular weight is 465 g/mol. The van der Waals surface area contributed by atoms with E-state index in [0.717, 1.165) is 11.6 Å². The highest BCUT2D eigenvalue weighted by Gasteiger charge is 2.39.